The van der Waals surface area contributed by atoms with Crippen molar-refractivity contribution in [3.8, 4) is 5.75 Å². The SMILES string of the molecule is COc1ccc([C@@H](CN)C(N)=O)cc1. The summed E-state index contributed by atoms with van der Waals surface area (Å²) in [6.45, 7) is 0.224. The van der Waals surface area contributed by atoms with E-state index in [1.807, 2.05) is 0 Å². The van der Waals surface area contributed by atoms with Gasteiger partial charge in [-0.3, -0.25) is 4.79 Å². The van der Waals surface area contributed by atoms with Gasteiger partial charge in [0, 0.05) is 6.54 Å². The van der Waals surface area contributed by atoms with E-state index in [1.165, 1.54) is 0 Å². The van der Waals surface area contributed by atoms with Crippen LogP contribution in [0.5, 0.6) is 5.75 Å². The predicted octanol–water partition coefficient (Wildman–Crippen LogP) is 0.223. The van der Waals surface area contributed by atoms with Crippen LogP contribution in [0, 0.1) is 0 Å². The molecule has 1 aromatic carbocycles. The second-order valence-electron chi connectivity index (χ2n) is 2.96. The lowest BCUT2D eigenvalue weighted by molar-refractivity contribution is -0.119. The lowest BCUT2D eigenvalue weighted by Crippen LogP contribution is -2.27. The van der Waals surface area contributed by atoms with Crippen molar-refractivity contribution >= 4 is 5.91 Å². The molecule has 0 aliphatic carbocycles. The maximum absolute atomic E-state index is 11.0. The van der Waals surface area contributed by atoms with E-state index < -0.39 is 11.8 Å². The van der Waals surface area contributed by atoms with Crippen molar-refractivity contribution in [3.05, 3.63) is 29.8 Å². The Bertz CT molecular complexity index is 308. The summed E-state index contributed by atoms with van der Waals surface area (Å²) in [6, 6.07) is 7.14. The van der Waals surface area contributed by atoms with Crippen LogP contribution in [-0.2, 0) is 4.79 Å². The molecule has 0 radical (unpaired) electrons. The van der Waals surface area contributed by atoms with E-state index in [-0.39, 0.29) is 6.54 Å². The third-order valence-electron chi connectivity index (χ3n) is 2.10. The molecule has 1 aromatic rings. The molecule has 4 heteroatoms. The fourth-order valence-corrected chi connectivity index (χ4v) is 1.25. The van der Waals surface area contributed by atoms with E-state index in [1.54, 1.807) is 31.4 Å². The summed E-state index contributed by atoms with van der Waals surface area (Å²) in [6.07, 6.45) is 0. The maximum atomic E-state index is 11.0. The normalized spacial score (nSPS) is 12.1. The van der Waals surface area contributed by atoms with Crippen LogP contribution in [0.15, 0.2) is 24.3 Å². The Labute approximate surface area is 82.8 Å². The van der Waals surface area contributed by atoms with Gasteiger partial charge >= 0.3 is 0 Å². The first-order valence-corrected chi connectivity index (χ1v) is 4.32. The number of rotatable bonds is 4. The highest BCUT2D eigenvalue weighted by Gasteiger charge is 2.15. The van der Waals surface area contributed by atoms with Gasteiger partial charge < -0.3 is 16.2 Å². The Hall–Kier alpha value is -1.55. The number of methoxy groups -OCH3 is 1. The maximum Gasteiger partial charge on any atom is 0.226 e. The molecule has 0 bridgehead atoms. The average Bonchev–Trinajstić information content (AvgIpc) is 2.19. The van der Waals surface area contributed by atoms with Crippen molar-refractivity contribution in [2.45, 2.75) is 5.92 Å². The van der Waals surface area contributed by atoms with E-state index in [4.69, 9.17) is 16.2 Å². The second-order valence-corrected chi connectivity index (χ2v) is 2.96. The number of benzene rings is 1. The van der Waals surface area contributed by atoms with Crippen molar-refractivity contribution in [2.75, 3.05) is 13.7 Å². The topological polar surface area (TPSA) is 78.3 Å². The number of hydrogen-bond donors (Lipinski definition) is 2. The third kappa shape index (κ3) is 2.23. The Kier molecular flexibility index (Phi) is 3.48. The highest BCUT2D eigenvalue weighted by atomic mass is 16.5. The fraction of sp³-hybridized carbons (Fsp3) is 0.300. The number of nitrogens with two attached hydrogens (primary N) is 2. The molecule has 0 fully saturated rings. The van der Waals surface area contributed by atoms with Crippen molar-refractivity contribution in [1.82, 2.24) is 0 Å². The standard InChI is InChI=1S/C10H14N2O2/c1-14-8-4-2-7(3-5-8)9(6-11)10(12)13/h2-5,9H,6,11H2,1H3,(H2,12,13)/t9-/m1/s1. The quantitative estimate of drug-likeness (QED) is 0.719. The summed E-state index contributed by atoms with van der Waals surface area (Å²) in [7, 11) is 1.59. The van der Waals surface area contributed by atoms with Crippen LogP contribution >= 0.6 is 0 Å². The third-order valence-corrected chi connectivity index (χ3v) is 2.10. The van der Waals surface area contributed by atoms with Gasteiger partial charge in [0.25, 0.3) is 0 Å². The first-order chi connectivity index (χ1) is 6.69. The molecule has 0 aliphatic heterocycles. The summed E-state index contributed by atoms with van der Waals surface area (Å²) in [4.78, 5) is 11.0. The van der Waals surface area contributed by atoms with Crippen molar-refractivity contribution in [1.29, 1.82) is 0 Å². The summed E-state index contributed by atoms with van der Waals surface area (Å²) in [5, 5.41) is 0. The smallest absolute Gasteiger partial charge is 0.226 e. The highest BCUT2D eigenvalue weighted by molar-refractivity contribution is 5.82. The molecule has 1 amide bonds. The summed E-state index contributed by atoms with van der Waals surface area (Å²) in [5.74, 6) is -0.0763. The largest absolute Gasteiger partial charge is 0.497 e. The molecule has 14 heavy (non-hydrogen) atoms. The molecule has 0 heterocycles. The lowest BCUT2D eigenvalue weighted by atomic mass is 9.99. The molecule has 0 saturated heterocycles. The van der Waals surface area contributed by atoms with E-state index in [0.717, 1.165) is 11.3 Å². The predicted molar refractivity (Wildman–Crippen MR) is 54.0 cm³/mol. The summed E-state index contributed by atoms with van der Waals surface area (Å²) < 4.78 is 5.00. The number of carbonyl (C=O) groups is 1. The van der Waals surface area contributed by atoms with E-state index in [9.17, 15) is 4.79 Å². The van der Waals surface area contributed by atoms with Gasteiger partial charge in [0.1, 0.15) is 5.75 Å². The van der Waals surface area contributed by atoms with Gasteiger partial charge in [-0.2, -0.15) is 0 Å². The van der Waals surface area contributed by atoms with Crippen molar-refractivity contribution < 1.29 is 9.53 Å². The van der Waals surface area contributed by atoms with Crippen LogP contribution in [0.2, 0.25) is 0 Å². The van der Waals surface area contributed by atoms with Gasteiger partial charge in [0.2, 0.25) is 5.91 Å². The van der Waals surface area contributed by atoms with E-state index in [0.29, 0.717) is 0 Å². The molecule has 0 unspecified atom stereocenters. The van der Waals surface area contributed by atoms with E-state index >= 15 is 0 Å². The molecule has 4 nitrogen and oxygen atoms in total. The van der Waals surface area contributed by atoms with Crippen LogP contribution in [0.25, 0.3) is 0 Å². The number of carbonyl (C=O) groups excluding carboxylic acids is 1. The van der Waals surface area contributed by atoms with Crippen LogP contribution in [0.1, 0.15) is 11.5 Å². The molecule has 76 valence electrons. The molecular weight excluding hydrogens is 180 g/mol. The van der Waals surface area contributed by atoms with Gasteiger partial charge in [-0.05, 0) is 17.7 Å². The number of amides is 1. The zero-order valence-electron chi connectivity index (χ0n) is 8.07. The zero-order valence-corrected chi connectivity index (χ0v) is 8.07. The summed E-state index contributed by atoms with van der Waals surface area (Å²) in [5.41, 5.74) is 11.5. The van der Waals surface area contributed by atoms with Gasteiger partial charge in [-0.1, -0.05) is 12.1 Å². The van der Waals surface area contributed by atoms with E-state index in [2.05, 4.69) is 0 Å². The minimum atomic E-state index is -0.416. The average molecular weight is 194 g/mol. The number of hydrogen-bond acceptors (Lipinski definition) is 3. The fourth-order valence-electron chi connectivity index (χ4n) is 1.25. The Morgan fingerprint density at radius 1 is 1.43 bits per heavy atom. The monoisotopic (exact) mass is 194 g/mol. The van der Waals surface area contributed by atoms with Crippen LogP contribution < -0.4 is 16.2 Å². The van der Waals surface area contributed by atoms with Gasteiger partial charge in [-0.25, -0.2) is 0 Å². The van der Waals surface area contributed by atoms with Gasteiger partial charge in [0.15, 0.2) is 0 Å². The van der Waals surface area contributed by atoms with Crippen LogP contribution in [0.4, 0.5) is 0 Å². The Morgan fingerprint density at radius 2 is 2.00 bits per heavy atom. The molecule has 0 spiro atoms. The minimum Gasteiger partial charge on any atom is -0.497 e. The minimum absolute atomic E-state index is 0.224. The van der Waals surface area contributed by atoms with Gasteiger partial charge in [0.05, 0.1) is 13.0 Å². The second kappa shape index (κ2) is 4.62. The number of ether oxygens (including phenoxy) is 1. The van der Waals surface area contributed by atoms with Crippen LogP contribution in [-0.4, -0.2) is 19.6 Å². The summed E-state index contributed by atoms with van der Waals surface area (Å²) >= 11 is 0. The van der Waals surface area contributed by atoms with Crippen LogP contribution in [0.3, 0.4) is 0 Å². The molecule has 0 aliphatic rings. The number of primary amides is 1. The molecule has 4 N–H and O–H groups in total. The zero-order chi connectivity index (χ0) is 10.6. The molecule has 0 saturated carbocycles. The molecular formula is C10H14N2O2. The first kappa shape index (κ1) is 10.5. The molecule has 1 rings (SSSR count). The lowest BCUT2D eigenvalue weighted by Gasteiger charge is -2.11. The molecule has 0 aromatic heterocycles. The van der Waals surface area contributed by atoms with Gasteiger partial charge in [-0.15, -0.1) is 0 Å². The first-order valence-electron chi connectivity index (χ1n) is 4.32. The Morgan fingerprint density at radius 3 is 2.36 bits per heavy atom. The van der Waals surface area contributed by atoms with Crippen molar-refractivity contribution in [2.24, 2.45) is 11.5 Å². The molecule has 1 atom stereocenters. The Balaban J connectivity index is 2.89. The van der Waals surface area contributed by atoms with Crippen molar-refractivity contribution in [3.63, 3.8) is 0 Å². The highest BCUT2D eigenvalue weighted by Crippen LogP contribution is 2.18.